The number of morpholine rings is 1. The number of carbonyl (C=O) groups is 2. The second-order valence-electron chi connectivity index (χ2n) is 5.07. The standard InChI is InChI=1S/C15H18ClNO4S/c1-10(22-13-5-3-2-4-12(13)16)15(20)17-6-7-21-11(9-17)8-14(18)19/h2-5,10-11H,6-9H2,1H3,(H,18,19). The Morgan fingerprint density at radius 3 is 2.91 bits per heavy atom. The molecule has 0 aliphatic carbocycles. The van der Waals surface area contributed by atoms with Gasteiger partial charge in [-0.2, -0.15) is 0 Å². The maximum Gasteiger partial charge on any atom is 0.306 e. The molecule has 1 aliphatic rings. The highest BCUT2D eigenvalue weighted by molar-refractivity contribution is 8.00. The summed E-state index contributed by atoms with van der Waals surface area (Å²) in [5, 5.41) is 9.16. The number of hydrogen-bond acceptors (Lipinski definition) is 4. The van der Waals surface area contributed by atoms with E-state index in [-0.39, 0.29) is 17.6 Å². The van der Waals surface area contributed by atoms with Gasteiger partial charge in [-0.25, -0.2) is 0 Å². The quantitative estimate of drug-likeness (QED) is 0.832. The van der Waals surface area contributed by atoms with Gasteiger partial charge in [0.2, 0.25) is 5.91 Å². The van der Waals surface area contributed by atoms with Crippen LogP contribution in [0.5, 0.6) is 0 Å². The van der Waals surface area contributed by atoms with E-state index in [2.05, 4.69) is 0 Å². The minimum atomic E-state index is -0.919. The van der Waals surface area contributed by atoms with Gasteiger partial charge in [0.05, 0.1) is 29.4 Å². The first-order valence-corrected chi connectivity index (χ1v) is 8.26. The van der Waals surface area contributed by atoms with Crippen LogP contribution in [-0.4, -0.2) is 52.9 Å². The summed E-state index contributed by atoms with van der Waals surface area (Å²) < 4.78 is 5.38. The third-order valence-corrected chi connectivity index (χ3v) is 4.95. The number of amides is 1. The maximum absolute atomic E-state index is 12.5. The lowest BCUT2D eigenvalue weighted by Gasteiger charge is -2.33. The number of benzene rings is 1. The van der Waals surface area contributed by atoms with Gasteiger partial charge in [0.15, 0.2) is 0 Å². The minimum absolute atomic E-state index is 0.0244. The van der Waals surface area contributed by atoms with Gasteiger partial charge in [-0.15, -0.1) is 11.8 Å². The lowest BCUT2D eigenvalue weighted by atomic mass is 10.2. The summed E-state index contributed by atoms with van der Waals surface area (Å²) in [6, 6.07) is 7.39. The Labute approximate surface area is 138 Å². The first-order chi connectivity index (χ1) is 10.5. The van der Waals surface area contributed by atoms with E-state index in [0.717, 1.165) is 4.90 Å². The first kappa shape index (κ1) is 17.1. The van der Waals surface area contributed by atoms with Gasteiger partial charge < -0.3 is 14.7 Å². The predicted octanol–water partition coefficient (Wildman–Crippen LogP) is 2.52. The average molecular weight is 344 g/mol. The van der Waals surface area contributed by atoms with Crippen molar-refractivity contribution in [2.24, 2.45) is 0 Å². The zero-order chi connectivity index (χ0) is 16.1. The normalized spacial score (nSPS) is 19.7. The molecule has 1 aromatic rings. The molecule has 1 heterocycles. The number of thioether (sulfide) groups is 1. The van der Waals surface area contributed by atoms with Crippen molar-refractivity contribution in [2.75, 3.05) is 19.7 Å². The Hall–Kier alpha value is -1.24. The van der Waals surface area contributed by atoms with Crippen molar-refractivity contribution in [1.82, 2.24) is 4.90 Å². The van der Waals surface area contributed by atoms with Gasteiger partial charge in [-0.1, -0.05) is 23.7 Å². The van der Waals surface area contributed by atoms with Crippen LogP contribution in [0.3, 0.4) is 0 Å². The minimum Gasteiger partial charge on any atom is -0.481 e. The van der Waals surface area contributed by atoms with Gasteiger partial charge in [-0.3, -0.25) is 9.59 Å². The van der Waals surface area contributed by atoms with Crippen LogP contribution in [0, 0.1) is 0 Å². The zero-order valence-corrected chi connectivity index (χ0v) is 13.8. The molecule has 2 rings (SSSR count). The number of carboxylic acids is 1. The van der Waals surface area contributed by atoms with Gasteiger partial charge >= 0.3 is 5.97 Å². The molecule has 0 radical (unpaired) electrons. The summed E-state index contributed by atoms with van der Waals surface area (Å²) >= 11 is 7.52. The fraction of sp³-hybridized carbons (Fsp3) is 0.467. The molecule has 5 nitrogen and oxygen atoms in total. The van der Waals surface area contributed by atoms with Crippen molar-refractivity contribution in [2.45, 2.75) is 29.6 Å². The zero-order valence-electron chi connectivity index (χ0n) is 12.2. The molecule has 1 aromatic carbocycles. The fourth-order valence-electron chi connectivity index (χ4n) is 2.28. The molecule has 1 aliphatic heterocycles. The van der Waals surface area contributed by atoms with Crippen molar-refractivity contribution in [1.29, 1.82) is 0 Å². The number of ether oxygens (including phenoxy) is 1. The number of hydrogen-bond donors (Lipinski definition) is 1. The third kappa shape index (κ3) is 4.63. The summed E-state index contributed by atoms with van der Waals surface area (Å²) in [5.41, 5.74) is 0. The van der Waals surface area contributed by atoms with Crippen molar-refractivity contribution < 1.29 is 19.4 Å². The molecule has 1 saturated heterocycles. The maximum atomic E-state index is 12.5. The van der Waals surface area contributed by atoms with Crippen molar-refractivity contribution >= 4 is 35.2 Å². The van der Waals surface area contributed by atoms with Crippen LogP contribution >= 0.6 is 23.4 Å². The van der Waals surface area contributed by atoms with E-state index in [4.69, 9.17) is 21.4 Å². The monoisotopic (exact) mass is 343 g/mol. The van der Waals surface area contributed by atoms with Crippen LogP contribution in [-0.2, 0) is 14.3 Å². The number of carboxylic acid groups (broad SMARTS) is 1. The van der Waals surface area contributed by atoms with Gasteiger partial charge in [0.1, 0.15) is 0 Å². The molecule has 0 aromatic heterocycles. The molecule has 0 saturated carbocycles. The lowest BCUT2D eigenvalue weighted by Crippen LogP contribution is -2.48. The Morgan fingerprint density at radius 2 is 2.23 bits per heavy atom. The Morgan fingerprint density at radius 1 is 1.50 bits per heavy atom. The van der Waals surface area contributed by atoms with E-state index >= 15 is 0 Å². The summed E-state index contributed by atoms with van der Waals surface area (Å²) in [5.74, 6) is -0.943. The first-order valence-electron chi connectivity index (χ1n) is 7.00. The second kappa shape index (κ2) is 7.85. The van der Waals surface area contributed by atoms with E-state index in [0.29, 0.717) is 24.7 Å². The van der Waals surface area contributed by atoms with Crippen LogP contribution in [0.25, 0.3) is 0 Å². The molecule has 0 bridgehead atoms. The van der Waals surface area contributed by atoms with E-state index < -0.39 is 12.1 Å². The number of halogens is 1. The molecule has 22 heavy (non-hydrogen) atoms. The highest BCUT2D eigenvalue weighted by Gasteiger charge is 2.29. The number of carbonyl (C=O) groups excluding carboxylic acids is 1. The molecular weight excluding hydrogens is 326 g/mol. The smallest absolute Gasteiger partial charge is 0.306 e. The van der Waals surface area contributed by atoms with Crippen LogP contribution in [0.15, 0.2) is 29.2 Å². The number of nitrogens with zero attached hydrogens (tertiary/aromatic N) is 1. The summed E-state index contributed by atoms with van der Waals surface area (Å²) in [7, 11) is 0. The highest BCUT2D eigenvalue weighted by atomic mass is 35.5. The molecule has 2 unspecified atom stereocenters. The van der Waals surface area contributed by atoms with Gasteiger partial charge in [0, 0.05) is 18.0 Å². The molecule has 1 fully saturated rings. The van der Waals surface area contributed by atoms with Crippen molar-refractivity contribution in [3.05, 3.63) is 29.3 Å². The Bertz CT molecular complexity index is 554. The molecule has 2 atom stereocenters. The van der Waals surface area contributed by atoms with Crippen LogP contribution < -0.4 is 0 Å². The van der Waals surface area contributed by atoms with E-state index in [1.807, 2.05) is 25.1 Å². The average Bonchev–Trinajstić information content (AvgIpc) is 2.48. The van der Waals surface area contributed by atoms with Crippen LogP contribution in [0.4, 0.5) is 0 Å². The molecular formula is C15H18ClNO4S. The molecule has 7 heteroatoms. The molecule has 120 valence electrons. The predicted molar refractivity (Wildman–Crippen MR) is 85.3 cm³/mol. The van der Waals surface area contributed by atoms with Crippen LogP contribution in [0.1, 0.15) is 13.3 Å². The molecule has 1 amide bonds. The number of aliphatic carboxylic acids is 1. The SMILES string of the molecule is CC(Sc1ccccc1Cl)C(=O)N1CCOC(CC(=O)O)C1. The molecule has 0 spiro atoms. The van der Waals surface area contributed by atoms with Gasteiger partial charge in [0.25, 0.3) is 0 Å². The van der Waals surface area contributed by atoms with E-state index in [1.165, 1.54) is 11.8 Å². The fourth-order valence-corrected chi connectivity index (χ4v) is 3.51. The van der Waals surface area contributed by atoms with Gasteiger partial charge in [-0.05, 0) is 19.1 Å². The summed E-state index contributed by atoms with van der Waals surface area (Å²) in [4.78, 5) is 25.8. The summed E-state index contributed by atoms with van der Waals surface area (Å²) in [6.45, 7) is 3.01. The largest absolute Gasteiger partial charge is 0.481 e. The third-order valence-electron chi connectivity index (χ3n) is 3.34. The van der Waals surface area contributed by atoms with Crippen LogP contribution in [0.2, 0.25) is 5.02 Å². The van der Waals surface area contributed by atoms with E-state index in [9.17, 15) is 9.59 Å². The molecule has 1 N–H and O–H groups in total. The topological polar surface area (TPSA) is 66.8 Å². The van der Waals surface area contributed by atoms with E-state index in [1.54, 1.807) is 11.0 Å². The highest BCUT2D eigenvalue weighted by Crippen LogP contribution is 2.31. The summed E-state index contributed by atoms with van der Waals surface area (Å²) in [6.07, 6.45) is -0.525. The second-order valence-corrected chi connectivity index (χ2v) is 6.86. The Kier molecular flexibility index (Phi) is 6.11. The Balaban J connectivity index is 1.95. The lowest BCUT2D eigenvalue weighted by molar-refractivity contribution is -0.147. The van der Waals surface area contributed by atoms with Crippen molar-refractivity contribution in [3.63, 3.8) is 0 Å². The van der Waals surface area contributed by atoms with Crippen molar-refractivity contribution in [3.8, 4) is 0 Å². The number of rotatable bonds is 5.